The topological polar surface area (TPSA) is 71.9 Å². The number of ketones is 1. The molecule has 0 aliphatic carbocycles. The van der Waals surface area contributed by atoms with E-state index in [0.717, 1.165) is 17.4 Å². The number of nitrogens with one attached hydrogen (secondary N) is 1. The lowest BCUT2D eigenvalue weighted by atomic mass is 10.1. The number of benzene rings is 1. The molecule has 0 fully saturated rings. The lowest BCUT2D eigenvalue weighted by Gasteiger charge is -2.16. The molecule has 1 atom stereocenters. The van der Waals surface area contributed by atoms with Gasteiger partial charge in [0.1, 0.15) is 0 Å². The van der Waals surface area contributed by atoms with E-state index in [-0.39, 0.29) is 5.78 Å². The number of hydrogen-bond acceptors (Lipinski definition) is 3. The minimum absolute atomic E-state index is 0.165. The Labute approximate surface area is 116 Å². The van der Waals surface area contributed by atoms with Crippen molar-refractivity contribution in [2.45, 2.75) is 39.2 Å². The third kappa shape index (κ3) is 2.57. The third-order valence-electron chi connectivity index (χ3n) is 3.45. The van der Waals surface area contributed by atoms with Crippen molar-refractivity contribution in [2.24, 2.45) is 0 Å². The molecule has 0 aliphatic heterocycles. The molecule has 1 aromatic heterocycles. The van der Waals surface area contributed by atoms with Crippen LogP contribution in [0.25, 0.3) is 10.9 Å². The first-order valence-corrected chi connectivity index (χ1v) is 6.80. The number of aromatic amines is 1. The summed E-state index contributed by atoms with van der Waals surface area (Å²) >= 11 is 0. The highest BCUT2D eigenvalue weighted by Crippen LogP contribution is 2.14. The van der Waals surface area contributed by atoms with Crippen LogP contribution in [-0.2, 0) is 4.79 Å². The van der Waals surface area contributed by atoms with Gasteiger partial charge in [-0.3, -0.25) is 9.59 Å². The number of unbranched alkanes of at least 4 members (excludes halogenated alkanes) is 1. The third-order valence-corrected chi connectivity index (χ3v) is 3.45. The Bertz CT molecular complexity index is 743. The van der Waals surface area contributed by atoms with Gasteiger partial charge in [0.05, 0.1) is 16.9 Å². The predicted octanol–water partition coefficient (Wildman–Crippen LogP) is 2.01. The molecule has 1 heterocycles. The maximum Gasteiger partial charge on any atom is 0.329 e. The molecular weight excluding hydrogens is 256 g/mol. The van der Waals surface area contributed by atoms with Gasteiger partial charge in [0.15, 0.2) is 5.78 Å². The summed E-state index contributed by atoms with van der Waals surface area (Å²) in [5, 5.41) is 0.426. The van der Waals surface area contributed by atoms with Gasteiger partial charge >= 0.3 is 5.69 Å². The molecule has 0 saturated heterocycles. The Kier molecular flexibility index (Phi) is 4.17. The van der Waals surface area contributed by atoms with E-state index < -0.39 is 17.3 Å². The van der Waals surface area contributed by atoms with Gasteiger partial charge in [0.2, 0.25) is 0 Å². The molecule has 0 aliphatic rings. The highest BCUT2D eigenvalue weighted by molar-refractivity contribution is 5.81. The van der Waals surface area contributed by atoms with Gasteiger partial charge in [-0.15, -0.1) is 0 Å². The molecule has 5 nitrogen and oxygen atoms in total. The number of rotatable bonds is 5. The van der Waals surface area contributed by atoms with E-state index in [1.807, 2.05) is 6.92 Å². The average Bonchev–Trinajstić information content (AvgIpc) is 2.42. The average molecular weight is 274 g/mol. The van der Waals surface area contributed by atoms with Gasteiger partial charge in [-0.05, 0) is 25.5 Å². The van der Waals surface area contributed by atoms with Crippen molar-refractivity contribution in [2.75, 3.05) is 0 Å². The molecule has 0 radical (unpaired) electrons. The minimum Gasteiger partial charge on any atom is -0.307 e. The number of aromatic nitrogens is 2. The molecule has 20 heavy (non-hydrogen) atoms. The lowest BCUT2D eigenvalue weighted by Crippen LogP contribution is -2.40. The summed E-state index contributed by atoms with van der Waals surface area (Å²) in [5.74, 6) is -0.165. The Morgan fingerprint density at radius 1 is 1.30 bits per heavy atom. The second-order valence-electron chi connectivity index (χ2n) is 4.92. The molecule has 2 rings (SSSR count). The van der Waals surface area contributed by atoms with Gasteiger partial charge in [0, 0.05) is 0 Å². The SMILES string of the molecule is CCCC[C@@H](C(C)=O)n1c(=O)[nH]c2ccccc2c1=O. The maximum absolute atomic E-state index is 12.4. The van der Waals surface area contributed by atoms with E-state index in [0.29, 0.717) is 17.3 Å². The van der Waals surface area contributed by atoms with E-state index in [4.69, 9.17) is 0 Å². The Balaban J connectivity index is 2.66. The van der Waals surface area contributed by atoms with Crippen molar-refractivity contribution in [1.29, 1.82) is 0 Å². The summed E-state index contributed by atoms with van der Waals surface area (Å²) in [6.07, 6.45) is 2.21. The van der Waals surface area contributed by atoms with E-state index in [1.165, 1.54) is 6.92 Å². The van der Waals surface area contributed by atoms with Crippen LogP contribution in [0.15, 0.2) is 33.9 Å². The zero-order valence-corrected chi connectivity index (χ0v) is 11.7. The Morgan fingerprint density at radius 3 is 2.65 bits per heavy atom. The van der Waals surface area contributed by atoms with Crippen molar-refractivity contribution in [3.63, 3.8) is 0 Å². The van der Waals surface area contributed by atoms with Crippen LogP contribution in [0.3, 0.4) is 0 Å². The van der Waals surface area contributed by atoms with E-state index in [2.05, 4.69) is 4.98 Å². The Morgan fingerprint density at radius 2 is 2.00 bits per heavy atom. The summed E-state index contributed by atoms with van der Waals surface area (Å²) in [7, 11) is 0. The predicted molar refractivity (Wildman–Crippen MR) is 78.1 cm³/mol. The molecule has 2 aromatic rings. The minimum atomic E-state index is -0.684. The number of fused-ring (bicyclic) bond motifs is 1. The molecule has 0 spiro atoms. The van der Waals surface area contributed by atoms with Crippen LogP contribution in [0.4, 0.5) is 0 Å². The van der Waals surface area contributed by atoms with Crippen LogP contribution in [0.1, 0.15) is 39.2 Å². The van der Waals surface area contributed by atoms with Gasteiger partial charge in [-0.1, -0.05) is 31.9 Å². The first kappa shape index (κ1) is 14.2. The zero-order chi connectivity index (χ0) is 14.7. The summed E-state index contributed by atoms with van der Waals surface area (Å²) < 4.78 is 1.06. The fourth-order valence-electron chi connectivity index (χ4n) is 2.37. The van der Waals surface area contributed by atoms with Crippen LogP contribution >= 0.6 is 0 Å². The summed E-state index contributed by atoms with van der Waals surface area (Å²) in [6.45, 7) is 3.42. The number of carbonyl (C=O) groups is 1. The van der Waals surface area contributed by atoms with Crippen LogP contribution < -0.4 is 11.2 Å². The summed E-state index contributed by atoms with van der Waals surface area (Å²) in [4.78, 5) is 39.0. The quantitative estimate of drug-likeness (QED) is 0.906. The smallest absolute Gasteiger partial charge is 0.307 e. The van der Waals surface area contributed by atoms with Crippen molar-refractivity contribution < 1.29 is 4.79 Å². The van der Waals surface area contributed by atoms with Crippen molar-refractivity contribution >= 4 is 16.7 Å². The lowest BCUT2D eigenvalue weighted by molar-refractivity contribution is -0.120. The van der Waals surface area contributed by atoms with Gasteiger partial charge < -0.3 is 4.98 Å². The molecule has 5 heteroatoms. The van der Waals surface area contributed by atoms with E-state index in [1.54, 1.807) is 24.3 Å². The fraction of sp³-hybridized carbons (Fsp3) is 0.400. The number of para-hydroxylation sites is 1. The fourth-order valence-corrected chi connectivity index (χ4v) is 2.37. The van der Waals surface area contributed by atoms with Crippen LogP contribution in [0.2, 0.25) is 0 Å². The van der Waals surface area contributed by atoms with E-state index >= 15 is 0 Å². The molecule has 0 unspecified atom stereocenters. The molecule has 0 saturated carbocycles. The first-order chi connectivity index (χ1) is 9.56. The number of hydrogen-bond donors (Lipinski definition) is 1. The summed E-state index contributed by atoms with van der Waals surface area (Å²) in [5.41, 5.74) is -0.429. The molecule has 1 N–H and O–H groups in total. The molecule has 0 amide bonds. The van der Waals surface area contributed by atoms with Crippen molar-refractivity contribution in [3.05, 3.63) is 45.1 Å². The van der Waals surface area contributed by atoms with E-state index in [9.17, 15) is 14.4 Å². The monoisotopic (exact) mass is 274 g/mol. The molecular formula is C15H18N2O3. The maximum atomic E-state index is 12.4. The van der Waals surface area contributed by atoms with Crippen LogP contribution in [0, 0.1) is 0 Å². The van der Waals surface area contributed by atoms with Crippen molar-refractivity contribution in [3.8, 4) is 0 Å². The Hall–Kier alpha value is -2.17. The summed E-state index contributed by atoms with van der Waals surface area (Å²) in [6, 6.07) is 6.14. The van der Waals surface area contributed by atoms with Crippen LogP contribution in [0.5, 0.6) is 0 Å². The number of Topliss-reactive ketones (excluding diaryl/α,β-unsaturated/α-hetero) is 1. The second kappa shape index (κ2) is 5.86. The highest BCUT2D eigenvalue weighted by Gasteiger charge is 2.20. The standard InChI is InChI=1S/C15H18N2O3/c1-3-4-9-13(10(2)18)17-14(19)11-7-5-6-8-12(11)16-15(17)20/h5-8,13H,3-4,9H2,1-2H3,(H,16,20)/t13-/m0/s1. The van der Waals surface area contributed by atoms with Gasteiger partial charge in [0.25, 0.3) is 5.56 Å². The number of carbonyl (C=O) groups excluding carboxylic acids is 1. The number of H-pyrrole nitrogens is 1. The largest absolute Gasteiger partial charge is 0.329 e. The van der Waals surface area contributed by atoms with Gasteiger partial charge in [-0.2, -0.15) is 0 Å². The normalized spacial score (nSPS) is 12.5. The van der Waals surface area contributed by atoms with Gasteiger partial charge in [-0.25, -0.2) is 9.36 Å². The number of nitrogens with zero attached hydrogens (tertiary/aromatic N) is 1. The molecule has 0 bridgehead atoms. The molecule has 1 aromatic carbocycles. The second-order valence-corrected chi connectivity index (χ2v) is 4.92. The van der Waals surface area contributed by atoms with Crippen molar-refractivity contribution in [1.82, 2.24) is 9.55 Å². The first-order valence-electron chi connectivity index (χ1n) is 6.80. The molecule has 106 valence electrons. The van der Waals surface area contributed by atoms with Crippen LogP contribution in [-0.4, -0.2) is 15.3 Å². The highest BCUT2D eigenvalue weighted by atomic mass is 16.2. The zero-order valence-electron chi connectivity index (χ0n) is 11.7.